The second kappa shape index (κ2) is 18.0. The molecule has 11 aromatic carbocycles. The lowest BCUT2D eigenvalue weighted by molar-refractivity contribution is 0.872. The number of fused-ring (bicyclic) bond motifs is 6. The molecular weight excluding hydrogens is 873 g/mol. The summed E-state index contributed by atoms with van der Waals surface area (Å²) in [4.78, 5) is 0. The number of para-hydroxylation sites is 2. The van der Waals surface area contributed by atoms with Crippen LogP contribution in [-0.2, 0) is 12.6 Å². The van der Waals surface area contributed by atoms with Crippen LogP contribution in [0.3, 0.4) is 0 Å². The monoisotopic (exact) mass is 922 g/mol. The molecule has 336 valence electrons. The van der Waals surface area contributed by atoms with E-state index in [1.54, 1.807) is 0 Å². The van der Waals surface area contributed by atoms with Crippen LogP contribution < -0.4 is 15.6 Å². The number of hydrogen-bond donors (Lipinski definition) is 0. The summed E-state index contributed by atoms with van der Waals surface area (Å²) in [6, 6.07) is 104. The summed E-state index contributed by atoms with van der Waals surface area (Å²) in [5.41, 5.74) is 16.0. The highest BCUT2D eigenvalue weighted by atomic mass is 28.3. The summed E-state index contributed by atoms with van der Waals surface area (Å²) in [6.07, 6.45) is 0. The number of nitrogens with zero attached hydrogens (tertiary/aromatic N) is 2. The second-order valence-electron chi connectivity index (χ2n) is 18.8. The van der Waals surface area contributed by atoms with Gasteiger partial charge in [-0.3, -0.25) is 0 Å². The van der Waals surface area contributed by atoms with Crippen LogP contribution in [0, 0.1) is 0 Å². The van der Waals surface area contributed by atoms with Crippen molar-refractivity contribution in [2.75, 3.05) is 0 Å². The van der Waals surface area contributed by atoms with E-state index >= 15 is 0 Å². The van der Waals surface area contributed by atoms with Gasteiger partial charge in [0.1, 0.15) is 0 Å². The van der Waals surface area contributed by atoms with Gasteiger partial charge in [-0.2, -0.15) is 0 Å². The van der Waals surface area contributed by atoms with Crippen molar-refractivity contribution in [3.8, 4) is 39.1 Å². The van der Waals surface area contributed by atoms with Crippen molar-refractivity contribution in [2.24, 2.45) is 0 Å². The molecule has 0 spiro atoms. The van der Waals surface area contributed by atoms with Crippen LogP contribution in [-0.4, -0.2) is 17.2 Å². The van der Waals surface area contributed by atoms with Crippen molar-refractivity contribution >= 4 is 67.2 Å². The maximum absolute atomic E-state index is 2.64. The van der Waals surface area contributed by atoms with Gasteiger partial charge in [0.15, 0.2) is 8.07 Å². The van der Waals surface area contributed by atoms with E-state index in [0.29, 0.717) is 6.54 Å². The lowest BCUT2D eigenvalue weighted by atomic mass is 9.90. The van der Waals surface area contributed by atoms with Crippen LogP contribution in [0.15, 0.2) is 279 Å². The first-order chi connectivity index (χ1) is 35.2. The van der Waals surface area contributed by atoms with Gasteiger partial charge < -0.3 is 9.13 Å². The Balaban J connectivity index is 1.03. The van der Waals surface area contributed by atoms with E-state index < -0.39 is 8.07 Å². The third-order valence-corrected chi connectivity index (χ3v) is 19.8. The third-order valence-electron chi connectivity index (χ3n) is 14.9. The zero-order chi connectivity index (χ0) is 47.1. The molecule has 13 rings (SSSR count). The first kappa shape index (κ1) is 42.3. The lowest BCUT2D eigenvalue weighted by Gasteiger charge is -2.34. The van der Waals surface area contributed by atoms with Gasteiger partial charge in [-0.25, -0.2) is 0 Å². The summed E-state index contributed by atoms with van der Waals surface area (Å²) in [5, 5.41) is 9.33. The molecule has 0 saturated heterocycles. The Kier molecular flexibility index (Phi) is 10.7. The van der Waals surface area contributed by atoms with Crippen molar-refractivity contribution < 1.29 is 0 Å². The van der Waals surface area contributed by atoms with Crippen molar-refractivity contribution in [3.63, 3.8) is 0 Å². The van der Waals surface area contributed by atoms with Gasteiger partial charge in [-0.1, -0.05) is 243 Å². The molecule has 3 heteroatoms. The average Bonchev–Trinajstić information content (AvgIpc) is 3.97. The molecular formula is C68H50N2Si. The maximum atomic E-state index is 2.57. The average molecular weight is 923 g/mol. The summed E-state index contributed by atoms with van der Waals surface area (Å²) in [6.45, 7) is 0.686. The van der Waals surface area contributed by atoms with Crippen LogP contribution in [0.5, 0.6) is 0 Å². The van der Waals surface area contributed by atoms with E-state index in [9.17, 15) is 0 Å². The summed E-state index contributed by atoms with van der Waals surface area (Å²) in [5.74, 6) is 0. The van der Waals surface area contributed by atoms with Crippen LogP contribution in [0.25, 0.3) is 82.7 Å². The van der Waals surface area contributed by atoms with E-state index in [1.165, 1.54) is 109 Å². The molecule has 0 atom stereocenters. The van der Waals surface area contributed by atoms with E-state index in [0.717, 1.165) is 6.04 Å². The van der Waals surface area contributed by atoms with Crippen LogP contribution in [0.4, 0.5) is 0 Å². The predicted molar refractivity (Wildman–Crippen MR) is 303 cm³/mol. The second-order valence-corrected chi connectivity index (χ2v) is 22.7. The molecule has 0 bridgehead atoms. The standard InChI is InChI=1S/C68H50N2Si/c1-6-24-49(25-7-1)51-28-20-29-52(46-51)58-40-22-39-57(50-26-8-2-9-27-50)61(58)47-69-62-41-18-16-37-59(62)68-64(69)43-23-45-66(68)70-63-42-19-17-38-60(63)67-53(30-21-44-65(67)70)48-71(54-31-10-3-11-32-54,55-33-12-4-13-34-55)56-35-14-5-15-36-56/h1-46H,47-48H2. The van der Waals surface area contributed by atoms with Crippen molar-refractivity contribution in [1.82, 2.24) is 9.13 Å². The maximum Gasteiger partial charge on any atom is 0.152 e. The minimum atomic E-state index is -2.64. The van der Waals surface area contributed by atoms with Crippen molar-refractivity contribution in [3.05, 3.63) is 290 Å². The molecule has 0 fully saturated rings. The number of hydrogen-bond acceptors (Lipinski definition) is 0. The highest BCUT2D eigenvalue weighted by Gasteiger charge is 2.40. The Morgan fingerprint density at radius 2 is 0.761 bits per heavy atom. The Morgan fingerprint density at radius 1 is 0.310 bits per heavy atom. The van der Waals surface area contributed by atoms with E-state index in [-0.39, 0.29) is 0 Å². The largest absolute Gasteiger partial charge is 0.336 e. The fourth-order valence-electron chi connectivity index (χ4n) is 11.8. The van der Waals surface area contributed by atoms with Gasteiger partial charge in [-0.05, 0) is 103 Å². The first-order valence-corrected chi connectivity index (χ1v) is 27.0. The van der Waals surface area contributed by atoms with Gasteiger partial charge in [0.25, 0.3) is 0 Å². The number of rotatable bonds is 11. The zero-order valence-electron chi connectivity index (χ0n) is 39.4. The highest BCUT2D eigenvalue weighted by Crippen LogP contribution is 2.42. The molecule has 0 aliphatic heterocycles. The number of benzene rings is 11. The third kappa shape index (κ3) is 7.24. The molecule has 2 nitrogen and oxygen atoms in total. The quantitative estimate of drug-likeness (QED) is 0.0904. The van der Waals surface area contributed by atoms with Crippen LogP contribution in [0.2, 0.25) is 0 Å². The molecule has 0 saturated carbocycles. The molecule has 0 aliphatic rings. The lowest BCUT2D eigenvalue weighted by Crippen LogP contribution is -2.68. The molecule has 0 radical (unpaired) electrons. The van der Waals surface area contributed by atoms with Crippen molar-refractivity contribution in [1.29, 1.82) is 0 Å². The first-order valence-electron chi connectivity index (χ1n) is 24.8. The molecule has 0 N–H and O–H groups in total. The molecule has 2 heterocycles. The Hall–Kier alpha value is -8.76. The molecule has 0 amide bonds. The fourth-order valence-corrected chi connectivity index (χ4v) is 16.5. The Labute approximate surface area is 416 Å². The Morgan fingerprint density at radius 3 is 1.41 bits per heavy atom. The Bertz CT molecular complexity index is 3930. The summed E-state index contributed by atoms with van der Waals surface area (Å²) < 4.78 is 5.13. The smallest absolute Gasteiger partial charge is 0.152 e. The summed E-state index contributed by atoms with van der Waals surface area (Å²) >= 11 is 0. The van der Waals surface area contributed by atoms with Crippen molar-refractivity contribution in [2.45, 2.75) is 12.6 Å². The molecule has 0 aliphatic carbocycles. The van der Waals surface area contributed by atoms with E-state index in [1.807, 2.05) is 0 Å². The van der Waals surface area contributed by atoms with E-state index in [2.05, 4.69) is 288 Å². The van der Waals surface area contributed by atoms with E-state index in [4.69, 9.17) is 0 Å². The molecule has 2 aromatic heterocycles. The normalized spacial score (nSPS) is 11.8. The topological polar surface area (TPSA) is 9.86 Å². The zero-order valence-corrected chi connectivity index (χ0v) is 40.4. The van der Waals surface area contributed by atoms with Gasteiger partial charge in [-0.15, -0.1) is 0 Å². The predicted octanol–water partition coefficient (Wildman–Crippen LogP) is 15.2. The van der Waals surface area contributed by atoms with Gasteiger partial charge >= 0.3 is 0 Å². The minimum Gasteiger partial charge on any atom is -0.336 e. The molecule has 71 heavy (non-hydrogen) atoms. The summed E-state index contributed by atoms with van der Waals surface area (Å²) in [7, 11) is -2.64. The van der Waals surface area contributed by atoms with Gasteiger partial charge in [0.2, 0.25) is 0 Å². The van der Waals surface area contributed by atoms with Crippen LogP contribution in [0.1, 0.15) is 11.1 Å². The van der Waals surface area contributed by atoms with Gasteiger partial charge in [0.05, 0.1) is 22.2 Å². The van der Waals surface area contributed by atoms with Gasteiger partial charge in [0, 0.05) is 33.6 Å². The minimum absolute atomic E-state index is 0.686. The number of aromatic nitrogens is 2. The highest BCUT2D eigenvalue weighted by molar-refractivity contribution is 7.11. The molecule has 0 unspecified atom stereocenters. The molecule has 13 aromatic rings. The van der Waals surface area contributed by atoms with Crippen LogP contribution >= 0.6 is 0 Å². The SMILES string of the molecule is c1ccc(-c2cccc(-c3cccc(-c4ccccc4)c3Cn3c4ccccc4c4c(-n5c6ccccc6c6c(C[Si](c7ccccc7)(c7ccccc7)c7ccccc7)cccc65)cccc43)c2)cc1. The fraction of sp³-hybridized carbons (Fsp3) is 0.0294.